The third-order valence-electron chi connectivity index (χ3n) is 4.75. The van der Waals surface area contributed by atoms with Gasteiger partial charge in [0.15, 0.2) is 11.8 Å². The number of oxime groups is 1. The molecule has 0 unspecified atom stereocenters. The van der Waals surface area contributed by atoms with Gasteiger partial charge >= 0.3 is 0 Å². The Kier molecular flexibility index (Phi) is 4.18. The fourth-order valence-electron chi connectivity index (χ4n) is 3.40. The summed E-state index contributed by atoms with van der Waals surface area (Å²) in [6.07, 6.45) is -0.818. The third kappa shape index (κ3) is 2.86. The highest BCUT2D eigenvalue weighted by molar-refractivity contribution is 6.35. The maximum Gasteiger partial charge on any atom is 0.233 e. The van der Waals surface area contributed by atoms with Crippen LogP contribution in [0.5, 0.6) is 0 Å². The van der Waals surface area contributed by atoms with Gasteiger partial charge in [0.2, 0.25) is 5.91 Å². The number of aryl methyl sites for hydroxylation is 1. The van der Waals surface area contributed by atoms with Crippen molar-refractivity contribution in [2.24, 2.45) is 5.16 Å². The van der Waals surface area contributed by atoms with Gasteiger partial charge in [-0.1, -0.05) is 58.2 Å². The minimum absolute atomic E-state index is 0.0250. The first-order valence-corrected chi connectivity index (χ1v) is 8.92. The molecule has 0 bridgehead atoms. The predicted octanol–water partition coefficient (Wildman–Crippen LogP) is 3.92. The molecule has 2 heterocycles. The summed E-state index contributed by atoms with van der Waals surface area (Å²) in [6.45, 7) is 2.01. The van der Waals surface area contributed by atoms with Gasteiger partial charge < -0.3 is 9.94 Å². The zero-order valence-electron chi connectivity index (χ0n) is 13.9. The second-order valence-corrected chi connectivity index (χ2v) is 7.55. The van der Waals surface area contributed by atoms with E-state index in [1.807, 2.05) is 31.2 Å². The molecular weight excluding hydrogens is 375 g/mol. The number of hydrogen-bond donors (Lipinski definition) is 1. The van der Waals surface area contributed by atoms with E-state index in [1.54, 1.807) is 18.2 Å². The van der Waals surface area contributed by atoms with E-state index in [0.717, 1.165) is 11.1 Å². The van der Waals surface area contributed by atoms with Gasteiger partial charge in [-0.15, -0.1) is 0 Å². The van der Waals surface area contributed by atoms with E-state index in [0.29, 0.717) is 27.9 Å². The maximum atomic E-state index is 12.6. The molecule has 0 aliphatic carbocycles. The molecule has 4 rings (SSSR count). The Morgan fingerprint density at radius 3 is 2.46 bits per heavy atom. The smallest absolute Gasteiger partial charge is 0.233 e. The Morgan fingerprint density at radius 2 is 1.81 bits per heavy atom. The van der Waals surface area contributed by atoms with Crippen LogP contribution < -0.4 is 4.90 Å². The monoisotopic (exact) mass is 390 g/mol. The van der Waals surface area contributed by atoms with Crippen LogP contribution in [0.25, 0.3) is 0 Å². The minimum atomic E-state index is -1.18. The number of benzene rings is 2. The Morgan fingerprint density at radius 1 is 1.15 bits per heavy atom. The van der Waals surface area contributed by atoms with Crippen molar-refractivity contribution in [3.8, 4) is 0 Å². The number of hydrogen-bond acceptors (Lipinski definition) is 4. The minimum Gasteiger partial charge on any atom is -0.383 e. The fourth-order valence-corrected chi connectivity index (χ4v) is 3.91. The van der Waals surface area contributed by atoms with Crippen molar-refractivity contribution in [3.63, 3.8) is 0 Å². The number of carbonyl (C=O) groups is 1. The molecule has 2 aromatic rings. The molecule has 1 amide bonds. The molecule has 1 fully saturated rings. The van der Waals surface area contributed by atoms with E-state index in [2.05, 4.69) is 5.16 Å². The summed E-state index contributed by atoms with van der Waals surface area (Å²) in [5.41, 5.74) is 2.10. The van der Waals surface area contributed by atoms with Crippen molar-refractivity contribution in [3.05, 3.63) is 63.6 Å². The first-order valence-electron chi connectivity index (χ1n) is 8.16. The number of amides is 1. The van der Waals surface area contributed by atoms with Gasteiger partial charge in [-0.2, -0.15) is 0 Å². The van der Waals surface area contributed by atoms with Crippen LogP contribution in [0.2, 0.25) is 10.0 Å². The lowest BCUT2D eigenvalue weighted by molar-refractivity contribution is -0.119. The Labute approximate surface area is 160 Å². The van der Waals surface area contributed by atoms with Crippen molar-refractivity contribution < 1.29 is 14.7 Å². The molecule has 0 aromatic heterocycles. The molecular formula is C19H16Cl2N2O3. The van der Waals surface area contributed by atoms with Gasteiger partial charge in [0.1, 0.15) is 0 Å². The molecule has 0 radical (unpaired) electrons. The van der Waals surface area contributed by atoms with Crippen LogP contribution >= 0.6 is 23.2 Å². The van der Waals surface area contributed by atoms with E-state index in [1.165, 1.54) is 4.90 Å². The van der Waals surface area contributed by atoms with Crippen molar-refractivity contribution in [2.45, 2.75) is 31.6 Å². The molecule has 134 valence electrons. The number of halogens is 2. The standard InChI is InChI=1S/C19H16Cl2N2O3/c1-11-2-4-12(5-3-11)16-9-19(26-22-16)10-17(24)23(18(19)25)15-7-13(20)6-14(21)8-15/h2-8,18,25H,9-10H2,1H3/t18-,19-/m0/s1. The summed E-state index contributed by atoms with van der Waals surface area (Å²) in [6, 6.07) is 12.6. The Balaban J connectivity index is 1.61. The highest BCUT2D eigenvalue weighted by Gasteiger charge is 2.57. The molecule has 2 aromatic carbocycles. The molecule has 1 N–H and O–H groups in total. The summed E-state index contributed by atoms with van der Waals surface area (Å²) in [7, 11) is 0. The quantitative estimate of drug-likeness (QED) is 0.844. The van der Waals surface area contributed by atoms with Crippen LogP contribution in [0.4, 0.5) is 5.69 Å². The summed E-state index contributed by atoms with van der Waals surface area (Å²) in [4.78, 5) is 19.5. The summed E-state index contributed by atoms with van der Waals surface area (Å²) >= 11 is 12.1. The van der Waals surface area contributed by atoms with E-state index < -0.39 is 11.8 Å². The van der Waals surface area contributed by atoms with Crippen LogP contribution in [0.15, 0.2) is 47.6 Å². The number of carbonyl (C=O) groups excluding carboxylic acids is 1. The molecule has 7 heteroatoms. The molecule has 1 spiro atoms. The normalized spacial score (nSPS) is 24.9. The Hall–Kier alpha value is -2.08. The number of nitrogens with zero attached hydrogens (tertiary/aromatic N) is 2. The number of rotatable bonds is 2. The number of aliphatic hydroxyl groups excluding tert-OH is 1. The molecule has 1 saturated heterocycles. The third-order valence-corrected chi connectivity index (χ3v) is 5.19. The highest BCUT2D eigenvalue weighted by Crippen LogP contribution is 2.42. The van der Waals surface area contributed by atoms with Crippen molar-refractivity contribution in [2.75, 3.05) is 4.90 Å². The number of aliphatic hydroxyl groups is 1. The molecule has 2 atom stereocenters. The molecule has 0 saturated carbocycles. The second kappa shape index (κ2) is 6.27. The van der Waals surface area contributed by atoms with Crippen molar-refractivity contribution in [1.82, 2.24) is 0 Å². The second-order valence-electron chi connectivity index (χ2n) is 6.68. The highest BCUT2D eigenvalue weighted by atomic mass is 35.5. The van der Waals surface area contributed by atoms with Crippen LogP contribution in [0, 0.1) is 6.92 Å². The lowest BCUT2D eigenvalue weighted by Gasteiger charge is -2.28. The van der Waals surface area contributed by atoms with E-state index in [4.69, 9.17) is 28.0 Å². The van der Waals surface area contributed by atoms with Gasteiger partial charge in [0.25, 0.3) is 0 Å². The van der Waals surface area contributed by atoms with Crippen LogP contribution in [0.1, 0.15) is 24.0 Å². The summed E-state index contributed by atoms with van der Waals surface area (Å²) < 4.78 is 0. The van der Waals surface area contributed by atoms with Crippen molar-refractivity contribution in [1.29, 1.82) is 0 Å². The van der Waals surface area contributed by atoms with E-state index in [-0.39, 0.29) is 12.3 Å². The van der Waals surface area contributed by atoms with E-state index in [9.17, 15) is 9.90 Å². The van der Waals surface area contributed by atoms with Gasteiger partial charge in [-0.25, -0.2) is 0 Å². The fraction of sp³-hybridized carbons (Fsp3) is 0.263. The predicted molar refractivity (Wildman–Crippen MR) is 101 cm³/mol. The summed E-state index contributed by atoms with van der Waals surface area (Å²) in [5, 5.41) is 15.8. The SMILES string of the molecule is Cc1ccc(C2=NO[C@]3(CC(=O)N(c4cc(Cl)cc(Cl)c4)[C@H]3O)C2)cc1. The van der Waals surface area contributed by atoms with Crippen molar-refractivity contribution >= 4 is 40.5 Å². The molecule has 2 aliphatic rings. The largest absolute Gasteiger partial charge is 0.383 e. The van der Waals surface area contributed by atoms with Gasteiger partial charge in [-0.3, -0.25) is 9.69 Å². The zero-order chi connectivity index (χ0) is 18.5. The summed E-state index contributed by atoms with van der Waals surface area (Å²) in [5.74, 6) is -0.267. The number of anilines is 1. The first-order chi connectivity index (χ1) is 12.4. The average molecular weight is 391 g/mol. The van der Waals surface area contributed by atoms with Gasteiger partial charge in [-0.05, 0) is 30.7 Å². The zero-order valence-corrected chi connectivity index (χ0v) is 15.5. The maximum absolute atomic E-state index is 12.6. The molecule has 2 aliphatic heterocycles. The topological polar surface area (TPSA) is 62.1 Å². The van der Waals surface area contributed by atoms with Crippen LogP contribution in [-0.2, 0) is 9.63 Å². The van der Waals surface area contributed by atoms with E-state index >= 15 is 0 Å². The van der Waals surface area contributed by atoms with Crippen LogP contribution in [0.3, 0.4) is 0 Å². The van der Waals surface area contributed by atoms with Crippen LogP contribution in [-0.4, -0.2) is 28.6 Å². The average Bonchev–Trinajstić information content (AvgIpc) is 3.09. The van der Waals surface area contributed by atoms with Gasteiger partial charge in [0.05, 0.1) is 12.1 Å². The van der Waals surface area contributed by atoms with Gasteiger partial charge in [0, 0.05) is 22.2 Å². The lowest BCUT2D eigenvalue weighted by atomic mass is 9.91. The Bertz CT molecular complexity index is 893. The first kappa shape index (κ1) is 17.3. The molecule has 5 nitrogen and oxygen atoms in total. The lowest BCUT2D eigenvalue weighted by Crippen LogP contribution is -2.45. The molecule has 26 heavy (non-hydrogen) atoms.